The maximum Gasteiger partial charge on any atom is 0.319 e. The van der Waals surface area contributed by atoms with Gasteiger partial charge in [-0.25, -0.2) is 9.78 Å². The number of nitrogens with zero attached hydrogens (tertiary/aromatic N) is 1. The number of imidazole rings is 1. The number of benzene rings is 2. The molecule has 0 fully saturated rings. The third kappa shape index (κ3) is 3.57. The topological polar surface area (TPSA) is 69.8 Å². The Kier molecular flexibility index (Phi) is 4.41. The molecule has 5 nitrogen and oxygen atoms in total. The van der Waals surface area contributed by atoms with Crippen molar-refractivity contribution in [1.82, 2.24) is 15.3 Å². The highest BCUT2D eigenvalue weighted by atomic mass is 35.5. The van der Waals surface area contributed by atoms with E-state index in [2.05, 4.69) is 20.6 Å². The highest BCUT2D eigenvalue weighted by Gasteiger charge is 2.13. The van der Waals surface area contributed by atoms with Gasteiger partial charge in [0.2, 0.25) is 0 Å². The number of halogens is 2. The van der Waals surface area contributed by atoms with E-state index in [0.29, 0.717) is 21.6 Å². The molecule has 3 rings (SSSR count). The number of rotatable bonds is 3. The fraction of sp³-hybridized carbons (Fsp3) is 0.125. The molecule has 2 aromatic carbocycles. The minimum Gasteiger partial charge on any atom is -0.340 e. The van der Waals surface area contributed by atoms with Crippen LogP contribution in [0.25, 0.3) is 11.0 Å². The molecular weight excluding hydrogens is 335 g/mol. The summed E-state index contributed by atoms with van der Waals surface area (Å²) in [6, 6.07) is 12.0. The van der Waals surface area contributed by atoms with E-state index >= 15 is 0 Å². The summed E-state index contributed by atoms with van der Waals surface area (Å²) in [5.74, 6) is 0.690. The standard InChI is InChI=1S/C16H14Cl2N4O/c1-9(15-21-13-4-2-3-5-14(13)22-15)19-16(23)20-10-6-7-11(17)12(18)8-10/h2-9H,1H3,(H,21,22)(H2,19,20,23). The zero-order valence-corrected chi connectivity index (χ0v) is 13.7. The number of hydrogen-bond donors (Lipinski definition) is 3. The molecule has 0 aliphatic heterocycles. The van der Waals surface area contributed by atoms with Crippen LogP contribution in [-0.2, 0) is 0 Å². The minimum absolute atomic E-state index is 0.273. The third-order valence-electron chi connectivity index (χ3n) is 3.34. The summed E-state index contributed by atoms with van der Waals surface area (Å²) >= 11 is 11.8. The molecule has 2 amide bonds. The number of hydrogen-bond acceptors (Lipinski definition) is 2. The number of aromatic amines is 1. The molecule has 0 saturated carbocycles. The molecule has 1 heterocycles. The Balaban J connectivity index is 1.67. The zero-order valence-electron chi connectivity index (χ0n) is 12.2. The molecule has 1 unspecified atom stereocenters. The molecule has 7 heteroatoms. The lowest BCUT2D eigenvalue weighted by Crippen LogP contribution is -2.31. The molecule has 0 bridgehead atoms. The smallest absolute Gasteiger partial charge is 0.319 e. The van der Waals surface area contributed by atoms with E-state index < -0.39 is 0 Å². The number of urea groups is 1. The third-order valence-corrected chi connectivity index (χ3v) is 4.08. The highest BCUT2D eigenvalue weighted by Crippen LogP contribution is 2.25. The van der Waals surface area contributed by atoms with Crippen LogP contribution in [0.1, 0.15) is 18.8 Å². The molecule has 0 spiro atoms. The molecule has 0 saturated heterocycles. The molecule has 3 aromatic rings. The molecule has 0 aliphatic carbocycles. The number of carbonyl (C=O) groups excluding carboxylic acids is 1. The van der Waals surface area contributed by atoms with Crippen LogP contribution in [0, 0.1) is 0 Å². The first kappa shape index (κ1) is 15.6. The predicted molar refractivity (Wildman–Crippen MR) is 93.1 cm³/mol. The first-order valence-electron chi connectivity index (χ1n) is 7.00. The van der Waals surface area contributed by atoms with E-state index in [4.69, 9.17) is 23.2 Å². The lowest BCUT2D eigenvalue weighted by atomic mass is 10.3. The number of para-hydroxylation sites is 2. The van der Waals surface area contributed by atoms with Crippen LogP contribution in [0.4, 0.5) is 10.5 Å². The Morgan fingerprint density at radius 2 is 1.96 bits per heavy atom. The summed E-state index contributed by atoms with van der Waals surface area (Å²) < 4.78 is 0. The Hall–Kier alpha value is -2.24. The van der Waals surface area contributed by atoms with Gasteiger partial charge in [0.05, 0.1) is 27.1 Å². The predicted octanol–water partition coefficient (Wildman–Crippen LogP) is 4.75. The minimum atomic E-state index is -0.351. The second-order valence-electron chi connectivity index (χ2n) is 5.09. The fourth-order valence-corrected chi connectivity index (χ4v) is 2.48. The number of nitrogens with one attached hydrogen (secondary N) is 3. The maximum atomic E-state index is 12.1. The molecule has 1 aromatic heterocycles. The van der Waals surface area contributed by atoms with Crippen molar-refractivity contribution >= 4 is 46.0 Å². The first-order valence-corrected chi connectivity index (χ1v) is 7.76. The fourth-order valence-electron chi connectivity index (χ4n) is 2.18. The van der Waals surface area contributed by atoms with Gasteiger partial charge in [-0.1, -0.05) is 35.3 Å². The van der Waals surface area contributed by atoms with Gasteiger partial charge >= 0.3 is 6.03 Å². The van der Waals surface area contributed by atoms with Gasteiger partial charge in [0.15, 0.2) is 0 Å². The Bertz CT molecular complexity index is 829. The quantitative estimate of drug-likeness (QED) is 0.638. The van der Waals surface area contributed by atoms with Crippen molar-refractivity contribution in [2.45, 2.75) is 13.0 Å². The lowest BCUT2D eigenvalue weighted by molar-refractivity contribution is 0.249. The van der Waals surface area contributed by atoms with Gasteiger partial charge < -0.3 is 15.6 Å². The maximum absolute atomic E-state index is 12.1. The second-order valence-corrected chi connectivity index (χ2v) is 5.90. The summed E-state index contributed by atoms with van der Waals surface area (Å²) in [6.07, 6.45) is 0. The van der Waals surface area contributed by atoms with Crippen molar-refractivity contribution in [1.29, 1.82) is 0 Å². The van der Waals surface area contributed by atoms with Gasteiger partial charge in [-0.05, 0) is 37.3 Å². The van der Waals surface area contributed by atoms with Crippen LogP contribution in [0.15, 0.2) is 42.5 Å². The summed E-state index contributed by atoms with van der Waals surface area (Å²) in [4.78, 5) is 19.7. The molecule has 0 radical (unpaired) electrons. The van der Waals surface area contributed by atoms with E-state index in [1.807, 2.05) is 31.2 Å². The molecule has 118 valence electrons. The normalized spacial score (nSPS) is 12.1. The first-order chi connectivity index (χ1) is 11.0. The van der Waals surface area contributed by atoms with Crippen molar-refractivity contribution < 1.29 is 4.79 Å². The summed E-state index contributed by atoms with van der Waals surface area (Å²) in [5, 5.41) is 6.35. The van der Waals surface area contributed by atoms with Gasteiger partial charge in [0.25, 0.3) is 0 Å². The van der Waals surface area contributed by atoms with Crippen molar-refractivity contribution in [3.63, 3.8) is 0 Å². The van der Waals surface area contributed by atoms with E-state index in [1.165, 1.54) is 0 Å². The van der Waals surface area contributed by atoms with Gasteiger partial charge in [-0.2, -0.15) is 0 Å². The Morgan fingerprint density at radius 3 is 2.70 bits per heavy atom. The van der Waals surface area contributed by atoms with Crippen LogP contribution >= 0.6 is 23.2 Å². The number of amides is 2. The van der Waals surface area contributed by atoms with Crippen molar-refractivity contribution in [2.75, 3.05) is 5.32 Å². The molecule has 1 atom stereocenters. The van der Waals surface area contributed by atoms with E-state index in [-0.39, 0.29) is 12.1 Å². The highest BCUT2D eigenvalue weighted by molar-refractivity contribution is 6.42. The van der Waals surface area contributed by atoms with Gasteiger partial charge in [-0.3, -0.25) is 0 Å². The molecule has 3 N–H and O–H groups in total. The average molecular weight is 349 g/mol. The van der Waals surface area contributed by atoms with Crippen LogP contribution in [0.2, 0.25) is 10.0 Å². The summed E-state index contributed by atoms with van der Waals surface area (Å²) in [5.41, 5.74) is 2.36. The summed E-state index contributed by atoms with van der Waals surface area (Å²) in [7, 11) is 0. The Morgan fingerprint density at radius 1 is 1.17 bits per heavy atom. The average Bonchev–Trinajstić information content (AvgIpc) is 2.95. The van der Waals surface area contributed by atoms with Gasteiger partial charge in [-0.15, -0.1) is 0 Å². The van der Waals surface area contributed by atoms with E-state index in [1.54, 1.807) is 18.2 Å². The zero-order chi connectivity index (χ0) is 16.4. The van der Waals surface area contributed by atoms with E-state index in [9.17, 15) is 4.79 Å². The Labute approximate surface area is 143 Å². The lowest BCUT2D eigenvalue weighted by Gasteiger charge is -2.13. The number of anilines is 1. The van der Waals surface area contributed by atoms with Crippen molar-refractivity contribution in [2.24, 2.45) is 0 Å². The monoisotopic (exact) mass is 348 g/mol. The molecular formula is C16H14Cl2N4O. The number of aromatic nitrogens is 2. The molecule has 23 heavy (non-hydrogen) atoms. The van der Waals surface area contributed by atoms with E-state index in [0.717, 1.165) is 11.0 Å². The number of H-pyrrole nitrogens is 1. The van der Waals surface area contributed by atoms with Crippen LogP contribution in [-0.4, -0.2) is 16.0 Å². The molecule has 0 aliphatic rings. The second kappa shape index (κ2) is 6.48. The SMILES string of the molecule is CC(NC(=O)Nc1ccc(Cl)c(Cl)c1)c1nc2ccccc2[nH]1. The van der Waals surface area contributed by atoms with Crippen LogP contribution in [0.5, 0.6) is 0 Å². The van der Waals surface area contributed by atoms with Crippen LogP contribution < -0.4 is 10.6 Å². The van der Waals surface area contributed by atoms with Crippen molar-refractivity contribution in [3.05, 3.63) is 58.3 Å². The number of carbonyl (C=O) groups is 1. The van der Waals surface area contributed by atoms with Gasteiger partial charge in [0, 0.05) is 5.69 Å². The number of fused-ring (bicyclic) bond motifs is 1. The van der Waals surface area contributed by atoms with Crippen LogP contribution in [0.3, 0.4) is 0 Å². The van der Waals surface area contributed by atoms with Gasteiger partial charge in [0.1, 0.15) is 5.82 Å². The summed E-state index contributed by atoms with van der Waals surface area (Å²) in [6.45, 7) is 1.85. The van der Waals surface area contributed by atoms with Crippen molar-refractivity contribution in [3.8, 4) is 0 Å². The largest absolute Gasteiger partial charge is 0.340 e.